The third kappa shape index (κ3) is 2.94. The monoisotopic (exact) mass is 255 g/mol. The molecule has 1 aromatic carbocycles. The summed E-state index contributed by atoms with van der Waals surface area (Å²) in [5.41, 5.74) is 3.03. The number of rotatable bonds is 5. The molecule has 0 amide bonds. The van der Waals surface area contributed by atoms with Gasteiger partial charge in [0.25, 0.3) is 0 Å². The van der Waals surface area contributed by atoms with Gasteiger partial charge in [-0.05, 0) is 18.1 Å². The van der Waals surface area contributed by atoms with E-state index in [2.05, 4.69) is 18.1 Å². The van der Waals surface area contributed by atoms with E-state index in [4.69, 9.17) is 10.00 Å². The Labute approximate surface area is 113 Å². The quantitative estimate of drug-likeness (QED) is 0.825. The molecule has 0 saturated heterocycles. The van der Waals surface area contributed by atoms with Crippen molar-refractivity contribution in [2.24, 2.45) is 0 Å². The van der Waals surface area contributed by atoms with Crippen LogP contribution in [-0.2, 0) is 13.0 Å². The van der Waals surface area contributed by atoms with Gasteiger partial charge in [-0.3, -0.25) is 4.68 Å². The van der Waals surface area contributed by atoms with Crippen LogP contribution in [0.25, 0.3) is 11.1 Å². The fraction of sp³-hybridized carbons (Fsp3) is 0.333. The van der Waals surface area contributed by atoms with Crippen molar-refractivity contribution in [3.8, 4) is 22.9 Å². The van der Waals surface area contributed by atoms with Crippen LogP contribution in [0.2, 0.25) is 0 Å². The molecule has 19 heavy (non-hydrogen) atoms. The molecule has 0 saturated carbocycles. The highest BCUT2D eigenvalue weighted by molar-refractivity contribution is 5.65. The van der Waals surface area contributed by atoms with Gasteiger partial charge in [-0.25, -0.2) is 0 Å². The molecule has 1 heterocycles. The van der Waals surface area contributed by atoms with E-state index in [1.807, 2.05) is 35.3 Å². The summed E-state index contributed by atoms with van der Waals surface area (Å²) in [6, 6.07) is 8.04. The Morgan fingerprint density at radius 3 is 2.89 bits per heavy atom. The molecule has 0 aliphatic rings. The molecule has 0 unspecified atom stereocenters. The van der Waals surface area contributed by atoms with Gasteiger partial charge in [0.15, 0.2) is 0 Å². The van der Waals surface area contributed by atoms with Crippen LogP contribution < -0.4 is 4.74 Å². The highest BCUT2D eigenvalue weighted by Gasteiger charge is 2.07. The second-order valence-electron chi connectivity index (χ2n) is 4.35. The molecule has 2 rings (SSSR count). The molecule has 2 aromatic rings. The lowest BCUT2D eigenvalue weighted by atomic mass is 10.0. The van der Waals surface area contributed by atoms with E-state index >= 15 is 0 Å². The van der Waals surface area contributed by atoms with E-state index in [0.29, 0.717) is 6.42 Å². The van der Waals surface area contributed by atoms with Gasteiger partial charge >= 0.3 is 0 Å². The average molecular weight is 255 g/mol. The van der Waals surface area contributed by atoms with E-state index < -0.39 is 0 Å². The predicted octanol–water partition coefficient (Wildman–Crippen LogP) is 3.03. The van der Waals surface area contributed by atoms with E-state index in [1.165, 1.54) is 0 Å². The van der Waals surface area contributed by atoms with Crippen molar-refractivity contribution in [2.45, 2.75) is 26.3 Å². The van der Waals surface area contributed by atoms with Gasteiger partial charge in [0.2, 0.25) is 0 Å². The lowest BCUT2D eigenvalue weighted by Gasteiger charge is -2.07. The standard InChI is InChI=1S/C15H17N3O/c1-3-8-18-11-14(10-17-18)13-5-4-12(6-7-16)15(9-13)19-2/h4-5,9-11H,3,6,8H2,1-2H3. The first-order valence-corrected chi connectivity index (χ1v) is 6.35. The summed E-state index contributed by atoms with van der Waals surface area (Å²) in [7, 11) is 1.63. The SMILES string of the molecule is CCCn1cc(-c2ccc(CC#N)c(OC)c2)cn1. The van der Waals surface area contributed by atoms with Gasteiger partial charge in [0.1, 0.15) is 5.75 Å². The summed E-state index contributed by atoms with van der Waals surface area (Å²) in [6.45, 7) is 3.05. The summed E-state index contributed by atoms with van der Waals surface area (Å²) in [4.78, 5) is 0. The minimum Gasteiger partial charge on any atom is -0.496 e. The molecule has 0 aliphatic heterocycles. The van der Waals surface area contributed by atoms with Crippen molar-refractivity contribution in [2.75, 3.05) is 7.11 Å². The molecule has 4 heteroatoms. The summed E-state index contributed by atoms with van der Waals surface area (Å²) in [6.07, 6.45) is 5.31. The van der Waals surface area contributed by atoms with Gasteiger partial charge in [-0.15, -0.1) is 0 Å². The molecule has 0 radical (unpaired) electrons. The lowest BCUT2D eigenvalue weighted by molar-refractivity contribution is 0.411. The number of aryl methyl sites for hydroxylation is 1. The summed E-state index contributed by atoms with van der Waals surface area (Å²) in [5.74, 6) is 0.752. The molecular formula is C15H17N3O. The largest absolute Gasteiger partial charge is 0.496 e. The summed E-state index contributed by atoms with van der Waals surface area (Å²) >= 11 is 0. The number of benzene rings is 1. The Balaban J connectivity index is 2.31. The van der Waals surface area contributed by atoms with Crippen molar-refractivity contribution in [3.63, 3.8) is 0 Å². The summed E-state index contributed by atoms with van der Waals surface area (Å²) in [5, 5.41) is 13.1. The number of methoxy groups -OCH3 is 1. The Morgan fingerprint density at radius 1 is 1.37 bits per heavy atom. The van der Waals surface area contributed by atoms with Crippen molar-refractivity contribution in [3.05, 3.63) is 36.2 Å². The predicted molar refractivity (Wildman–Crippen MR) is 73.8 cm³/mol. The van der Waals surface area contributed by atoms with Gasteiger partial charge in [0, 0.05) is 23.9 Å². The van der Waals surface area contributed by atoms with Gasteiger partial charge in [-0.1, -0.05) is 19.1 Å². The maximum absolute atomic E-state index is 8.77. The first-order valence-electron chi connectivity index (χ1n) is 6.35. The third-order valence-electron chi connectivity index (χ3n) is 2.98. The average Bonchev–Trinajstić information content (AvgIpc) is 2.88. The maximum atomic E-state index is 8.77. The van der Waals surface area contributed by atoms with E-state index in [1.54, 1.807) is 7.11 Å². The molecule has 4 nitrogen and oxygen atoms in total. The Kier molecular flexibility index (Phi) is 4.19. The minimum absolute atomic E-state index is 0.360. The molecule has 0 N–H and O–H groups in total. The van der Waals surface area contributed by atoms with Crippen molar-refractivity contribution >= 4 is 0 Å². The van der Waals surface area contributed by atoms with Crippen LogP contribution in [0, 0.1) is 11.3 Å². The van der Waals surface area contributed by atoms with Crippen LogP contribution in [-0.4, -0.2) is 16.9 Å². The number of hydrogen-bond donors (Lipinski definition) is 0. The first kappa shape index (κ1) is 13.2. The number of nitrogens with zero attached hydrogens (tertiary/aromatic N) is 3. The Morgan fingerprint density at radius 2 is 2.21 bits per heavy atom. The topological polar surface area (TPSA) is 50.8 Å². The van der Waals surface area contributed by atoms with Gasteiger partial charge < -0.3 is 4.74 Å². The molecule has 1 aromatic heterocycles. The molecule has 0 bridgehead atoms. The third-order valence-corrected chi connectivity index (χ3v) is 2.98. The fourth-order valence-electron chi connectivity index (χ4n) is 2.02. The molecule has 0 spiro atoms. The highest BCUT2D eigenvalue weighted by Crippen LogP contribution is 2.27. The van der Waals surface area contributed by atoms with Crippen LogP contribution in [0.5, 0.6) is 5.75 Å². The molecule has 98 valence electrons. The zero-order chi connectivity index (χ0) is 13.7. The van der Waals surface area contributed by atoms with Crippen LogP contribution in [0.1, 0.15) is 18.9 Å². The second kappa shape index (κ2) is 6.05. The first-order chi connectivity index (χ1) is 9.28. The Bertz CT molecular complexity index is 596. The fourth-order valence-corrected chi connectivity index (χ4v) is 2.02. The van der Waals surface area contributed by atoms with E-state index in [0.717, 1.165) is 35.4 Å². The molecular weight excluding hydrogens is 238 g/mol. The van der Waals surface area contributed by atoms with Gasteiger partial charge in [0.05, 0.1) is 25.8 Å². The van der Waals surface area contributed by atoms with E-state index in [-0.39, 0.29) is 0 Å². The number of hydrogen-bond acceptors (Lipinski definition) is 3. The maximum Gasteiger partial charge on any atom is 0.123 e. The van der Waals surface area contributed by atoms with Crippen molar-refractivity contribution < 1.29 is 4.74 Å². The van der Waals surface area contributed by atoms with Crippen LogP contribution >= 0.6 is 0 Å². The van der Waals surface area contributed by atoms with Crippen LogP contribution in [0.4, 0.5) is 0 Å². The molecule has 0 atom stereocenters. The molecule has 0 fully saturated rings. The minimum atomic E-state index is 0.360. The number of aromatic nitrogens is 2. The smallest absolute Gasteiger partial charge is 0.123 e. The van der Waals surface area contributed by atoms with Crippen LogP contribution in [0.3, 0.4) is 0 Å². The van der Waals surface area contributed by atoms with Gasteiger partial charge in [-0.2, -0.15) is 10.4 Å². The lowest BCUT2D eigenvalue weighted by Crippen LogP contribution is -1.95. The van der Waals surface area contributed by atoms with E-state index in [9.17, 15) is 0 Å². The Hall–Kier alpha value is -2.28. The number of nitriles is 1. The second-order valence-corrected chi connectivity index (χ2v) is 4.35. The van der Waals surface area contributed by atoms with Crippen molar-refractivity contribution in [1.82, 2.24) is 9.78 Å². The zero-order valence-corrected chi connectivity index (χ0v) is 11.3. The zero-order valence-electron chi connectivity index (χ0n) is 11.3. The highest BCUT2D eigenvalue weighted by atomic mass is 16.5. The molecule has 0 aliphatic carbocycles. The number of ether oxygens (including phenoxy) is 1. The van der Waals surface area contributed by atoms with Crippen LogP contribution in [0.15, 0.2) is 30.6 Å². The normalized spacial score (nSPS) is 10.2. The summed E-state index contributed by atoms with van der Waals surface area (Å²) < 4.78 is 7.27. The van der Waals surface area contributed by atoms with Crippen molar-refractivity contribution in [1.29, 1.82) is 5.26 Å².